The normalized spacial score (nSPS) is 18.8. The van der Waals surface area contributed by atoms with Gasteiger partial charge in [-0.05, 0) is 37.0 Å². The van der Waals surface area contributed by atoms with E-state index in [0.29, 0.717) is 0 Å². The maximum atomic E-state index is 12.9. The van der Waals surface area contributed by atoms with Crippen LogP contribution in [0.3, 0.4) is 0 Å². The first-order chi connectivity index (χ1) is 6.27. The third-order valence-electron chi connectivity index (χ3n) is 2.80. The van der Waals surface area contributed by atoms with Crippen LogP contribution < -0.4 is 0 Å². The van der Waals surface area contributed by atoms with E-state index < -0.39 is 0 Å². The first-order valence-corrected chi connectivity index (χ1v) is 4.44. The van der Waals surface area contributed by atoms with Crippen LogP contribution in [-0.2, 0) is 5.41 Å². The summed E-state index contributed by atoms with van der Waals surface area (Å²) in [6, 6.07) is 8.68. The van der Waals surface area contributed by atoms with E-state index in [-0.39, 0.29) is 11.2 Å². The summed E-state index contributed by atoms with van der Waals surface area (Å²) in [6.07, 6.45) is 2.81. The van der Waals surface area contributed by atoms with Crippen molar-refractivity contribution in [2.45, 2.75) is 24.7 Å². The molecule has 1 saturated carbocycles. The van der Waals surface area contributed by atoms with Gasteiger partial charge in [-0.15, -0.1) is 0 Å². The summed E-state index contributed by atoms with van der Waals surface area (Å²) in [7, 11) is 0. The van der Waals surface area contributed by atoms with Gasteiger partial charge < -0.3 is 0 Å². The van der Waals surface area contributed by atoms with Crippen molar-refractivity contribution in [1.29, 1.82) is 5.26 Å². The lowest BCUT2D eigenvalue weighted by atomic mass is 9.65. The first kappa shape index (κ1) is 8.25. The molecule has 1 fully saturated rings. The Balaban J connectivity index is 2.40. The number of benzene rings is 1. The van der Waals surface area contributed by atoms with E-state index in [2.05, 4.69) is 6.07 Å². The van der Waals surface area contributed by atoms with Crippen molar-refractivity contribution >= 4 is 0 Å². The Morgan fingerprint density at radius 2 is 2.15 bits per heavy atom. The van der Waals surface area contributed by atoms with E-state index in [1.165, 1.54) is 12.1 Å². The number of halogens is 1. The second kappa shape index (κ2) is 2.85. The molecule has 0 amide bonds. The van der Waals surface area contributed by atoms with Gasteiger partial charge in [-0.3, -0.25) is 0 Å². The Kier molecular flexibility index (Phi) is 1.81. The van der Waals surface area contributed by atoms with Crippen molar-refractivity contribution in [2.75, 3.05) is 0 Å². The molecule has 0 aliphatic heterocycles. The summed E-state index contributed by atoms with van der Waals surface area (Å²) >= 11 is 0. The lowest BCUT2D eigenvalue weighted by molar-refractivity contribution is 0.323. The van der Waals surface area contributed by atoms with E-state index in [1.54, 1.807) is 6.07 Å². The molecule has 2 heteroatoms. The van der Waals surface area contributed by atoms with Gasteiger partial charge in [0.05, 0.1) is 11.5 Å². The number of nitriles is 1. The number of hydrogen-bond donors (Lipinski definition) is 0. The van der Waals surface area contributed by atoms with Gasteiger partial charge in [0.1, 0.15) is 5.82 Å². The number of rotatable bonds is 1. The Bertz CT molecular complexity index is 361. The van der Waals surface area contributed by atoms with Crippen LogP contribution in [0.15, 0.2) is 24.3 Å². The van der Waals surface area contributed by atoms with Crippen LogP contribution in [0.1, 0.15) is 24.8 Å². The fourth-order valence-electron chi connectivity index (χ4n) is 1.78. The van der Waals surface area contributed by atoms with Crippen molar-refractivity contribution in [1.82, 2.24) is 0 Å². The van der Waals surface area contributed by atoms with Crippen molar-refractivity contribution in [3.05, 3.63) is 35.6 Å². The standard InChI is InChI=1S/C11H10FN/c12-10-4-1-3-9(7-10)11(8-13)5-2-6-11/h1,3-4,7H,2,5-6H2. The molecule has 0 N–H and O–H groups in total. The smallest absolute Gasteiger partial charge is 0.123 e. The zero-order chi connectivity index (χ0) is 9.31. The largest absolute Gasteiger partial charge is 0.207 e. The average molecular weight is 175 g/mol. The quantitative estimate of drug-likeness (QED) is 0.643. The zero-order valence-electron chi connectivity index (χ0n) is 7.26. The average Bonchev–Trinajstić information content (AvgIpc) is 2.03. The van der Waals surface area contributed by atoms with Crippen LogP contribution in [0.2, 0.25) is 0 Å². The van der Waals surface area contributed by atoms with Crippen LogP contribution in [0.4, 0.5) is 4.39 Å². The molecule has 0 bridgehead atoms. The SMILES string of the molecule is N#CC1(c2cccc(F)c2)CCC1. The highest BCUT2D eigenvalue weighted by atomic mass is 19.1. The fraction of sp³-hybridized carbons (Fsp3) is 0.364. The maximum Gasteiger partial charge on any atom is 0.123 e. The predicted octanol–water partition coefficient (Wildman–Crippen LogP) is 2.77. The van der Waals surface area contributed by atoms with E-state index in [1.807, 2.05) is 6.07 Å². The third kappa shape index (κ3) is 1.21. The molecule has 1 aromatic carbocycles. The summed E-state index contributed by atoms with van der Waals surface area (Å²) in [6.45, 7) is 0. The molecule has 0 heterocycles. The Morgan fingerprint density at radius 1 is 1.38 bits per heavy atom. The molecule has 2 rings (SSSR count). The first-order valence-electron chi connectivity index (χ1n) is 4.44. The summed E-state index contributed by atoms with van der Waals surface area (Å²) in [5.74, 6) is -0.251. The number of hydrogen-bond acceptors (Lipinski definition) is 1. The lowest BCUT2D eigenvalue weighted by Gasteiger charge is -2.35. The minimum absolute atomic E-state index is 0.251. The van der Waals surface area contributed by atoms with E-state index in [0.717, 1.165) is 24.8 Å². The molecule has 0 spiro atoms. The van der Waals surface area contributed by atoms with E-state index >= 15 is 0 Å². The summed E-state index contributed by atoms with van der Waals surface area (Å²) < 4.78 is 12.9. The highest BCUT2D eigenvalue weighted by Gasteiger charge is 2.38. The monoisotopic (exact) mass is 175 g/mol. The minimum atomic E-state index is -0.387. The fourth-order valence-corrected chi connectivity index (χ4v) is 1.78. The van der Waals surface area contributed by atoms with Gasteiger partial charge in [-0.2, -0.15) is 5.26 Å². The van der Waals surface area contributed by atoms with E-state index in [9.17, 15) is 4.39 Å². The van der Waals surface area contributed by atoms with Crippen molar-refractivity contribution in [3.63, 3.8) is 0 Å². The van der Waals surface area contributed by atoms with Crippen LogP contribution >= 0.6 is 0 Å². The highest BCUT2D eigenvalue weighted by molar-refractivity contribution is 5.35. The van der Waals surface area contributed by atoms with Gasteiger partial charge in [0.2, 0.25) is 0 Å². The van der Waals surface area contributed by atoms with Crippen molar-refractivity contribution in [2.24, 2.45) is 0 Å². The van der Waals surface area contributed by atoms with Crippen molar-refractivity contribution in [3.8, 4) is 6.07 Å². The molecule has 13 heavy (non-hydrogen) atoms. The van der Waals surface area contributed by atoms with Crippen LogP contribution in [0.25, 0.3) is 0 Å². The second-order valence-corrected chi connectivity index (χ2v) is 3.56. The van der Waals surface area contributed by atoms with Gasteiger partial charge in [-0.1, -0.05) is 12.1 Å². The van der Waals surface area contributed by atoms with E-state index in [4.69, 9.17) is 5.26 Å². The van der Waals surface area contributed by atoms with Crippen LogP contribution in [0.5, 0.6) is 0 Å². The summed E-state index contributed by atoms with van der Waals surface area (Å²) in [4.78, 5) is 0. The molecule has 1 aliphatic carbocycles. The Hall–Kier alpha value is -1.36. The third-order valence-corrected chi connectivity index (χ3v) is 2.80. The molecule has 0 aromatic heterocycles. The highest BCUT2D eigenvalue weighted by Crippen LogP contribution is 2.43. The Labute approximate surface area is 76.8 Å². The van der Waals surface area contributed by atoms with Gasteiger partial charge in [0.25, 0.3) is 0 Å². The predicted molar refractivity (Wildman–Crippen MR) is 47.5 cm³/mol. The summed E-state index contributed by atoms with van der Waals surface area (Å²) in [5.41, 5.74) is 0.448. The maximum absolute atomic E-state index is 12.9. The molecule has 0 saturated heterocycles. The Morgan fingerprint density at radius 3 is 2.62 bits per heavy atom. The topological polar surface area (TPSA) is 23.8 Å². The molecule has 66 valence electrons. The molecule has 1 aromatic rings. The van der Waals surface area contributed by atoms with Crippen LogP contribution in [0, 0.1) is 17.1 Å². The van der Waals surface area contributed by atoms with Gasteiger partial charge >= 0.3 is 0 Å². The zero-order valence-corrected chi connectivity index (χ0v) is 7.26. The van der Waals surface area contributed by atoms with Crippen LogP contribution in [-0.4, -0.2) is 0 Å². The van der Waals surface area contributed by atoms with Gasteiger partial charge in [-0.25, -0.2) is 4.39 Å². The molecule has 0 atom stereocenters. The number of nitrogens with zero attached hydrogens (tertiary/aromatic N) is 1. The molecular formula is C11H10FN. The molecule has 1 nitrogen and oxygen atoms in total. The van der Waals surface area contributed by atoms with Crippen molar-refractivity contribution < 1.29 is 4.39 Å². The van der Waals surface area contributed by atoms with Gasteiger partial charge in [0, 0.05) is 0 Å². The second-order valence-electron chi connectivity index (χ2n) is 3.56. The summed E-state index contributed by atoms with van der Waals surface area (Å²) in [5, 5.41) is 9.01. The minimum Gasteiger partial charge on any atom is -0.207 e. The lowest BCUT2D eigenvalue weighted by Crippen LogP contribution is -2.32. The molecular weight excluding hydrogens is 165 g/mol. The van der Waals surface area contributed by atoms with Gasteiger partial charge in [0.15, 0.2) is 0 Å². The molecule has 0 unspecified atom stereocenters. The molecule has 0 radical (unpaired) electrons. The molecule has 1 aliphatic rings.